The lowest BCUT2D eigenvalue weighted by Gasteiger charge is -2.41. The number of nitrogens with one attached hydrogen (secondary N) is 2. The molecule has 162 valence electrons. The van der Waals surface area contributed by atoms with Crippen molar-refractivity contribution in [3.05, 3.63) is 66.7 Å². The fourth-order valence-corrected chi connectivity index (χ4v) is 3.14. The van der Waals surface area contributed by atoms with Crippen LogP contribution in [-0.2, 0) is 15.1 Å². The van der Waals surface area contributed by atoms with Gasteiger partial charge in [-0.05, 0) is 38.5 Å². The third kappa shape index (κ3) is 4.59. The van der Waals surface area contributed by atoms with Gasteiger partial charge in [-0.2, -0.15) is 0 Å². The van der Waals surface area contributed by atoms with Crippen LogP contribution in [0.1, 0.15) is 26.3 Å². The molecule has 0 aliphatic rings. The van der Waals surface area contributed by atoms with Crippen LogP contribution in [0.2, 0.25) is 0 Å². The molecule has 0 saturated carbocycles. The monoisotopic (exact) mass is 423 g/mol. The van der Waals surface area contributed by atoms with E-state index < -0.39 is 23.0 Å². The van der Waals surface area contributed by atoms with Crippen LogP contribution in [0.3, 0.4) is 0 Å². The molecule has 0 fully saturated rings. The molecule has 2 aromatic carbocycles. The first-order chi connectivity index (χ1) is 14.7. The fourth-order valence-electron chi connectivity index (χ4n) is 3.14. The lowest BCUT2D eigenvalue weighted by atomic mass is 9.78. The molecule has 0 aliphatic heterocycles. The van der Waals surface area contributed by atoms with Crippen molar-refractivity contribution in [3.8, 4) is 17.1 Å². The number of ether oxygens (including phenoxy) is 1. The maximum Gasteiger partial charge on any atom is 0.313 e. The molecule has 1 heterocycles. The lowest BCUT2D eigenvalue weighted by molar-refractivity contribution is -0.139. The first-order valence-corrected chi connectivity index (χ1v) is 9.64. The molecule has 1 atom stereocenters. The van der Waals surface area contributed by atoms with Crippen molar-refractivity contribution in [2.45, 2.75) is 31.9 Å². The van der Waals surface area contributed by atoms with Crippen LogP contribution in [0.15, 0.2) is 65.5 Å². The molecule has 1 unspecified atom stereocenters. The molecule has 0 radical (unpaired) electrons. The average molecular weight is 423 g/mol. The van der Waals surface area contributed by atoms with E-state index in [-0.39, 0.29) is 0 Å². The normalized spacial score (nSPS) is 13.2. The molecule has 8 nitrogen and oxygen atoms in total. The third-order valence-corrected chi connectivity index (χ3v) is 5.30. The number of benzene rings is 2. The summed E-state index contributed by atoms with van der Waals surface area (Å²) in [5.74, 6) is -0.801. The molecule has 8 heteroatoms. The van der Waals surface area contributed by atoms with E-state index in [2.05, 4.69) is 15.6 Å². The number of nitrogens with zero attached hydrogens (tertiary/aromatic N) is 1. The highest BCUT2D eigenvalue weighted by atomic mass is 16.5. The first kappa shape index (κ1) is 22.0. The molecular formula is C23H25N3O5. The van der Waals surface area contributed by atoms with Crippen molar-refractivity contribution in [1.29, 1.82) is 0 Å². The van der Waals surface area contributed by atoms with Gasteiger partial charge in [-0.25, -0.2) is 4.98 Å². The summed E-state index contributed by atoms with van der Waals surface area (Å²) in [6, 6.07) is 13.9. The molecule has 0 saturated heterocycles. The second kappa shape index (κ2) is 8.61. The van der Waals surface area contributed by atoms with E-state index in [0.29, 0.717) is 28.3 Å². The summed E-state index contributed by atoms with van der Waals surface area (Å²) in [7, 11) is 1.49. The van der Waals surface area contributed by atoms with Gasteiger partial charge in [-0.1, -0.05) is 30.3 Å². The van der Waals surface area contributed by atoms with Crippen molar-refractivity contribution >= 4 is 17.5 Å². The largest absolute Gasteiger partial charge is 0.496 e. The van der Waals surface area contributed by atoms with E-state index >= 15 is 0 Å². The Labute approximate surface area is 180 Å². The van der Waals surface area contributed by atoms with Crippen molar-refractivity contribution in [1.82, 2.24) is 10.3 Å². The Hall–Kier alpha value is -3.65. The van der Waals surface area contributed by atoms with E-state index in [1.54, 1.807) is 69.4 Å². The summed E-state index contributed by atoms with van der Waals surface area (Å²) < 4.78 is 10.6. The molecule has 3 N–H and O–H groups in total. The summed E-state index contributed by atoms with van der Waals surface area (Å²) in [5, 5.41) is 16.0. The lowest BCUT2D eigenvalue weighted by Crippen LogP contribution is -2.59. The number of methoxy groups -OCH3 is 1. The summed E-state index contributed by atoms with van der Waals surface area (Å²) in [6.45, 7) is 4.82. The van der Waals surface area contributed by atoms with Crippen LogP contribution in [0, 0.1) is 0 Å². The van der Waals surface area contributed by atoms with Crippen molar-refractivity contribution in [2.24, 2.45) is 0 Å². The van der Waals surface area contributed by atoms with Gasteiger partial charge in [0.05, 0.1) is 30.0 Å². The van der Waals surface area contributed by atoms with Crippen LogP contribution < -0.4 is 15.4 Å². The fraction of sp³-hybridized carbons (Fsp3) is 0.261. The number of hydrogen-bond acceptors (Lipinski definition) is 6. The molecule has 31 heavy (non-hydrogen) atoms. The Morgan fingerprint density at radius 2 is 1.77 bits per heavy atom. The van der Waals surface area contributed by atoms with Crippen LogP contribution in [-0.4, -0.2) is 34.6 Å². The first-order valence-electron chi connectivity index (χ1n) is 9.64. The summed E-state index contributed by atoms with van der Waals surface area (Å²) >= 11 is 0. The number of amides is 2. The number of aliphatic hydroxyl groups is 1. The zero-order valence-electron chi connectivity index (χ0n) is 17.8. The van der Waals surface area contributed by atoms with Gasteiger partial charge in [-0.15, -0.1) is 0 Å². The van der Waals surface area contributed by atoms with Gasteiger partial charge in [0.25, 0.3) is 0 Å². The van der Waals surface area contributed by atoms with Crippen LogP contribution in [0.5, 0.6) is 5.75 Å². The van der Waals surface area contributed by atoms with Gasteiger partial charge >= 0.3 is 11.8 Å². The maximum absolute atomic E-state index is 12.7. The molecule has 3 rings (SSSR count). The van der Waals surface area contributed by atoms with Crippen molar-refractivity contribution in [2.75, 3.05) is 12.4 Å². The highest BCUT2D eigenvalue weighted by molar-refractivity contribution is 6.39. The van der Waals surface area contributed by atoms with E-state index in [1.165, 1.54) is 13.5 Å². The van der Waals surface area contributed by atoms with E-state index in [0.717, 1.165) is 0 Å². The zero-order chi connectivity index (χ0) is 22.6. The summed E-state index contributed by atoms with van der Waals surface area (Å²) in [5.41, 5.74) is -0.851. The number of oxazole rings is 1. The molecule has 2 amide bonds. The van der Waals surface area contributed by atoms with E-state index in [9.17, 15) is 14.7 Å². The van der Waals surface area contributed by atoms with Crippen molar-refractivity contribution in [3.63, 3.8) is 0 Å². The van der Waals surface area contributed by atoms with Gasteiger partial charge in [-0.3, -0.25) is 9.59 Å². The zero-order valence-corrected chi connectivity index (χ0v) is 17.8. The maximum atomic E-state index is 12.7. The smallest absolute Gasteiger partial charge is 0.313 e. The topological polar surface area (TPSA) is 114 Å². The summed E-state index contributed by atoms with van der Waals surface area (Å²) in [4.78, 5) is 29.2. The van der Waals surface area contributed by atoms with Crippen LogP contribution >= 0.6 is 0 Å². The Kier molecular flexibility index (Phi) is 6.12. The average Bonchev–Trinajstić information content (AvgIpc) is 3.28. The molecule has 0 aliphatic carbocycles. The number of aromatic nitrogens is 1. The van der Waals surface area contributed by atoms with Gasteiger partial charge in [0.1, 0.15) is 5.75 Å². The second-order valence-corrected chi connectivity index (χ2v) is 7.74. The highest BCUT2D eigenvalue weighted by Gasteiger charge is 2.43. The van der Waals surface area contributed by atoms with E-state index in [1.807, 2.05) is 6.07 Å². The van der Waals surface area contributed by atoms with Crippen LogP contribution in [0.25, 0.3) is 11.3 Å². The molecule has 0 bridgehead atoms. The van der Waals surface area contributed by atoms with Crippen LogP contribution in [0.4, 0.5) is 5.69 Å². The highest BCUT2D eigenvalue weighted by Crippen LogP contribution is 2.33. The van der Waals surface area contributed by atoms with E-state index in [4.69, 9.17) is 9.15 Å². The predicted molar refractivity (Wildman–Crippen MR) is 115 cm³/mol. The number of carbonyl (C=O) groups excluding carboxylic acids is 2. The third-order valence-electron chi connectivity index (χ3n) is 5.30. The Morgan fingerprint density at radius 1 is 1.06 bits per heavy atom. The summed E-state index contributed by atoms with van der Waals surface area (Å²) in [6.07, 6.45) is 2.85. The number of rotatable bonds is 6. The Balaban J connectivity index is 1.79. The standard InChI is InChI=1S/C23H25N3O5/c1-22(2,29)23(3,15-8-6-5-7-9-15)26-21(28)20(27)25-16-10-11-17(18(12-16)30-4)19-13-24-14-31-19/h5-14,29H,1-4H3,(H,25,27)(H,26,28). The SMILES string of the molecule is COc1cc(NC(=O)C(=O)NC(C)(c2ccccc2)C(C)(C)O)ccc1-c1cnco1. The molecule has 3 aromatic rings. The Morgan fingerprint density at radius 3 is 2.35 bits per heavy atom. The second-order valence-electron chi connectivity index (χ2n) is 7.74. The number of anilines is 1. The minimum Gasteiger partial charge on any atom is -0.496 e. The van der Waals surface area contributed by atoms with Crippen molar-refractivity contribution < 1.29 is 23.8 Å². The molecule has 1 aromatic heterocycles. The number of carbonyl (C=O) groups is 2. The van der Waals surface area contributed by atoms with Gasteiger partial charge < -0.3 is 24.9 Å². The Bertz CT molecular complexity index is 1060. The number of hydrogen-bond donors (Lipinski definition) is 3. The van der Waals surface area contributed by atoms with Gasteiger partial charge in [0.2, 0.25) is 0 Å². The molecular weight excluding hydrogens is 398 g/mol. The minimum absolute atomic E-state index is 0.366. The van der Waals surface area contributed by atoms with Gasteiger partial charge in [0, 0.05) is 11.8 Å². The minimum atomic E-state index is -1.34. The molecule has 0 spiro atoms. The quantitative estimate of drug-likeness (QED) is 0.525. The predicted octanol–water partition coefficient (Wildman–Crippen LogP) is 3.09. The van der Waals surface area contributed by atoms with Gasteiger partial charge in [0.15, 0.2) is 12.2 Å².